The molecule has 0 atom stereocenters. The first-order chi connectivity index (χ1) is 16.8. The molecular formula is C26H34N4O4S. The van der Waals surface area contributed by atoms with Crippen LogP contribution in [0.25, 0.3) is 22.0 Å². The predicted molar refractivity (Wildman–Crippen MR) is 139 cm³/mol. The Hall–Kier alpha value is -2.72. The average molecular weight is 499 g/mol. The molecule has 2 heterocycles. The molecule has 1 saturated heterocycles. The minimum absolute atomic E-state index is 0.00764. The lowest BCUT2D eigenvalue weighted by atomic mass is 9.88. The number of aromatic amines is 1. The molecule has 0 bridgehead atoms. The Morgan fingerprint density at radius 3 is 2.66 bits per heavy atom. The maximum atomic E-state index is 12.6. The van der Waals surface area contributed by atoms with E-state index in [4.69, 9.17) is 10.5 Å². The van der Waals surface area contributed by atoms with Crippen LogP contribution in [0.5, 0.6) is 0 Å². The number of carbonyl (C=O) groups excluding carboxylic acids is 1. The van der Waals surface area contributed by atoms with Crippen LogP contribution in [0.4, 0.5) is 0 Å². The zero-order valence-corrected chi connectivity index (χ0v) is 21.2. The van der Waals surface area contributed by atoms with Crippen LogP contribution in [0.3, 0.4) is 0 Å². The summed E-state index contributed by atoms with van der Waals surface area (Å²) in [6.45, 7) is 1.95. The minimum Gasteiger partial charge on any atom is -0.384 e. The third kappa shape index (κ3) is 5.75. The van der Waals surface area contributed by atoms with Crippen molar-refractivity contribution in [1.82, 2.24) is 14.6 Å². The van der Waals surface area contributed by atoms with E-state index in [0.717, 1.165) is 52.5 Å². The van der Waals surface area contributed by atoms with Gasteiger partial charge in [-0.3, -0.25) is 4.79 Å². The van der Waals surface area contributed by atoms with Crippen LogP contribution in [0.2, 0.25) is 0 Å². The highest BCUT2D eigenvalue weighted by Gasteiger charge is 2.29. The molecule has 4 N–H and O–H groups in total. The first kappa shape index (κ1) is 25.4. The Morgan fingerprint density at radius 2 is 1.97 bits per heavy atom. The van der Waals surface area contributed by atoms with Crippen molar-refractivity contribution < 1.29 is 17.9 Å². The lowest BCUT2D eigenvalue weighted by Gasteiger charge is -2.31. The smallest absolute Gasteiger partial charge is 0.221 e. The molecule has 0 aliphatic carbocycles. The van der Waals surface area contributed by atoms with Gasteiger partial charge in [-0.05, 0) is 71.8 Å². The maximum Gasteiger partial charge on any atom is 0.221 e. The number of benzene rings is 2. The monoisotopic (exact) mass is 498 g/mol. The van der Waals surface area contributed by atoms with Crippen molar-refractivity contribution in [2.75, 3.05) is 39.6 Å². The van der Waals surface area contributed by atoms with Gasteiger partial charge in [0.05, 0.1) is 18.8 Å². The number of methoxy groups -OCH3 is 1. The fourth-order valence-electron chi connectivity index (χ4n) is 4.99. The summed E-state index contributed by atoms with van der Waals surface area (Å²) in [5, 5.41) is 4.25. The molecule has 9 heteroatoms. The van der Waals surface area contributed by atoms with Crippen molar-refractivity contribution in [3.05, 3.63) is 59.3 Å². The number of aromatic nitrogens is 1. The number of nitrogens with zero attached hydrogens (tertiary/aromatic N) is 1. The molecule has 35 heavy (non-hydrogen) atoms. The number of piperidine rings is 1. The summed E-state index contributed by atoms with van der Waals surface area (Å²) in [6, 6.07) is 12.6. The number of sulfonamides is 1. The Balaban J connectivity index is 1.67. The quantitative estimate of drug-likeness (QED) is 0.397. The first-order valence-corrected chi connectivity index (χ1v) is 13.6. The number of carbonyl (C=O) groups is 1. The number of primary amides is 1. The normalized spacial score (nSPS) is 15.6. The molecule has 1 aliphatic heterocycles. The van der Waals surface area contributed by atoms with E-state index in [1.165, 1.54) is 12.7 Å². The Labute approximate surface area is 206 Å². The number of nitrogens with one attached hydrogen (secondary N) is 2. The van der Waals surface area contributed by atoms with Gasteiger partial charge < -0.3 is 20.8 Å². The topological polar surface area (TPSA) is 118 Å². The zero-order chi connectivity index (χ0) is 25.0. The molecule has 2 aromatic carbocycles. The van der Waals surface area contributed by atoms with Gasteiger partial charge >= 0.3 is 0 Å². The van der Waals surface area contributed by atoms with Gasteiger partial charge in [0.25, 0.3) is 0 Å². The standard InChI is InChI=1S/C26H34N4O4S/c1-28-16-18-4-3-5-20(12-18)21-13-22(15-25(27)31)26-23(14-21)24(17-29-26)19-6-8-30(9-7-19)35(32,33)11-10-34-2/h3-5,12-14,17,19,28-29H,6-11,15-16H2,1-2H3,(H2,27,31). The number of nitrogens with two attached hydrogens (primary N) is 1. The fourth-order valence-corrected chi connectivity index (χ4v) is 6.39. The van der Waals surface area contributed by atoms with Crippen LogP contribution >= 0.6 is 0 Å². The third-order valence-corrected chi connectivity index (χ3v) is 8.58. The Bertz CT molecular complexity index is 1290. The summed E-state index contributed by atoms with van der Waals surface area (Å²) < 4.78 is 31.7. The van der Waals surface area contributed by atoms with E-state index in [-0.39, 0.29) is 30.6 Å². The number of H-pyrrole nitrogens is 1. The van der Waals surface area contributed by atoms with Gasteiger partial charge in [-0.25, -0.2) is 12.7 Å². The highest BCUT2D eigenvalue weighted by Crippen LogP contribution is 2.37. The zero-order valence-electron chi connectivity index (χ0n) is 20.3. The van der Waals surface area contributed by atoms with Gasteiger partial charge in [-0.2, -0.15) is 0 Å². The van der Waals surface area contributed by atoms with Crippen LogP contribution in [0.15, 0.2) is 42.6 Å². The lowest BCUT2D eigenvalue weighted by molar-refractivity contribution is -0.117. The van der Waals surface area contributed by atoms with Gasteiger partial charge in [0.2, 0.25) is 15.9 Å². The van der Waals surface area contributed by atoms with Gasteiger partial charge in [0.1, 0.15) is 0 Å². The summed E-state index contributed by atoms with van der Waals surface area (Å²) in [6.07, 6.45) is 3.64. The van der Waals surface area contributed by atoms with Crippen LogP contribution in [0.1, 0.15) is 35.4 Å². The second kappa shape index (κ2) is 10.9. The number of hydrogen-bond donors (Lipinski definition) is 3. The second-order valence-electron chi connectivity index (χ2n) is 9.16. The van der Waals surface area contributed by atoms with E-state index in [0.29, 0.717) is 13.1 Å². The molecule has 1 aliphatic rings. The van der Waals surface area contributed by atoms with Crippen molar-refractivity contribution in [1.29, 1.82) is 0 Å². The SMILES string of the molecule is CNCc1cccc(-c2cc(CC(N)=O)c3[nH]cc(C4CCN(S(=O)(=O)CCOC)CC4)c3c2)c1. The van der Waals surface area contributed by atoms with E-state index >= 15 is 0 Å². The van der Waals surface area contributed by atoms with E-state index in [1.54, 1.807) is 4.31 Å². The molecule has 3 aromatic rings. The van der Waals surface area contributed by atoms with Crippen LogP contribution in [-0.4, -0.2) is 63.2 Å². The van der Waals surface area contributed by atoms with Gasteiger partial charge in [-0.15, -0.1) is 0 Å². The van der Waals surface area contributed by atoms with Crippen LogP contribution in [-0.2, 0) is 32.5 Å². The number of fused-ring (bicyclic) bond motifs is 1. The largest absolute Gasteiger partial charge is 0.384 e. The van der Waals surface area contributed by atoms with Crippen molar-refractivity contribution in [3.63, 3.8) is 0 Å². The molecule has 1 amide bonds. The van der Waals surface area contributed by atoms with E-state index < -0.39 is 10.0 Å². The summed E-state index contributed by atoms with van der Waals surface area (Å²) in [7, 11) is 0.123. The number of ether oxygens (including phenoxy) is 1. The molecule has 0 radical (unpaired) electrons. The maximum absolute atomic E-state index is 12.6. The molecule has 0 saturated carbocycles. The average Bonchev–Trinajstić information content (AvgIpc) is 3.27. The van der Waals surface area contributed by atoms with Crippen molar-refractivity contribution >= 4 is 26.8 Å². The number of amides is 1. The summed E-state index contributed by atoms with van der Waals surface area (Å²) in [5.74, 6) is -0.142. The lowest BCUT2D eigenvalue weighted by Crippen LogP contribution is -2.39. The molecule has 1 fully saturated rings. The number of rotatable bonds is 10. The second-order valence-corrected chi connectivity index (χ2v) is 11.2. The molecule has 0 spiro atoms. The summed E-state index contributed by atoms with van der Waals surface area (Å²) in [5.41, 5.74) is 11.8. The molecule has 8 nitrogen and oxygen atoms in total. The van der Waals surface area contributed by atoms with Gasteiger partial charge in [0, 0.05) is 43.8 Å². The summed E-state index contributed by atoms with van der Waals surface area (Å²) in [4.78, 5) is 15.2. The summed E-state index contributed by atoms with van der Waals surface area (Å²) >= 11 is 0. The fraction of sp³-hybridized carbons (Fsp3) is 0.423. The van der Waals surface area contributed by atoms with Crippen molar-refractivity contribution in [2.45, 2.75) is 31.7 Å². The van der Waals surface area contributed by atoms with Crippen LogP contribution < -0.4 is 11.1 Å². The van der Waals surface area contributed by atoms with Gasteiger partial charge in [0.15, 0.2) is 0 Å². The van der Waals surface area contributed by atoms with Crippen molar-refractivity contribution in [2.24, 2.45) is 5.73 Å². The minimum atomic E-state index is -3.31. The van der Waals surface area contributed by atoms with E-state index in [1.807, 2.05) is 25.4 Å². The molecular weight excluding hydrogens is 464 g/mol. The van der Waals surface area contributed by atoms with Crippen LogP contribution in [0, 0.1) is 0 Å². The number of hydrogen-bond acceptors (Lipinski definition) is 5. The van der Waals surface area contributed by atoms with E-state index in [2.05, 4.69) is 34.6 Å². The predicted octanol–water partition coefficient (Wildman–Crippen LogP) is 2.74. The highest BCUT2D eigenvalue weighted by molar-refractivity contribution is 7.89. The molecule has 1 aromatic heterocycles. The first-order valence-electron chi connectivity index (χ1n) is 11.9. The molecule has 188 valence electrons. The third-order valence-electron chi connectivity index (χ3n) is 6.74. The Kier molecular flexibility index (Phi) is 7.91. The molecule has 4 rings (SSSR count). The van der Waals surface area contributed by atoms with Gasteiger partial charge in [-0.1, -0.05) is 18.2 Å². The Morgan fingerprint density at radius 1 is 1.20 bits per heavy atom. The van der Waals surface area contributed by atoms with Crippen molar-refractivity contribution in [3.8, 4) is 11.1 Å². The highest BCUT2D eigenvalue weighted by atomic mass is 32.2. The molecule has 0 unspecified atom stereocenters. The van der Waals surface area contributed by atoms with E-state index in [9.17, 15) is 13.2 Å².